The smallest absolute Gasteiger partial charge is 0.330 e. The van der Waals surface area contributed by atoms with Crippen molar-refractivity contribution < 1.29 is 24.9 Å². The van der Waals surface area contributed by atoms with Crippen molar-refractivity contribution >= 4 is 11.9 Å². The summed E-state index contributed by atoms with van der Waals surface area (Å²) in [6, 6.07) is 0. The second-order valence-electron chi connectivity index (χ2n) is 5.06. The van der Waals surface area contributed by atoms with Crippen molar-refractivity contribution in [2.45, 2.75) is 39.7 Å². The van der Waals surface area contributed by atoms with Crippen LogP contribution in [0.5, 0.6) is 0 Å². The van der Waals surface area contributed by atoms with Crippen molar-refractivity contribution in [3.63, 3.8) is 0 Å². The number of carboxylic acids is 2. The number of rotatable bonds is 7. The first-order valence-corrected chi connectivity index (χ1v) is 6.70. The summed E-state index contributed by atoms with van der Waals surface area (Å²) in [7, 11) is 3.92. The molecule has 0 amide bonds. The minimum absolute atomic E-state index is 0.279. The van der Waals surface area contributed by atoms with Crippen molar-refractivity contribution in [1.82, 2.24) is 4.90 Å². The van der Waals surface area contributed by atoms with E-state index in [0.29, 0.717) is 12.0 Å². The molecule has 122 valence electrons. The second kappa shape index (κ2) is 12.1. The maximum Gasteiger partial charge on any atom is 0.330 e. The lowest BCUT2D eigenvalue weighted by Crippen LogP contribution is -2.12. The van der Waals surface area contributed by atoms with E-state index in [2.05, 4.69) is 0 Å². The highest BCUT2D eigenvalue weighted by molar-refractivity contribution is 5.86. The van der Waals surface area contributed by atoms with Crippen LogP contribution in [-0.2, 0) is 9.59 Å². The Balaban J connectivity index is 0. The molecule has 0 saturated carbocycles. The van der Waals surface area contributed by atoms with Crippen LogP contribution in [0.4, 0.5) is 0 Å². The fraction of sp³-hybridized carbons (Fsp3) is 0.600. The van der Waals surface area contributed by atoms with Gasteiger partial charge in [-0.2, -0.15) is 0 Å². The molecule has 6 heteroatoms. The van der Waals surface area contributed by atoms with E-state index in [4.69, 9.17) is 15.3 Å². The number of hydrogen-bond acceptors (Lipinski definition) is 4. The fourth-order valence-corrected chi connectivity index (χ4v) is 1.06. The monoisotopic (exact) mass is 301 g/mol. The summed E-state index contributed by atoms with van der Waals surface area (Å²) < 4.78 is 0. The van der Waals surface area contributed by atoms with E-state index in [1.165, 1.54) is 13.0 Å². The first kappa shape index (κ1) is 21.6. The van der Waals surface area contributed by atoms with Gasteiger partial charge in [0.25, 0.3) is 0 Å². The highest BCUT2D eigenvalue weighted by Gasteiger charge is 1.99. The van der Waals surface area contributed by atoms with E-state index in [9.17, 15) is 9.59 Å². The fourth-order valence-electron chi connectivity index (χ4n) is 1.06. The van der Waals surface area contributed by atoms with Crippen molar-refractivity contribution in [1.29, 1.82) is 0 Å². The molecule has 0 aliphatic carbocycles. The quantitative estimate of drug-likeness (QED) is 0.620. The average molecular weight is 301 g/mol. The van der Waals surface area contributed by atoms with Gasteiger partial charge in [0.15, 0.2) is 0 Å². The van der Waals surface area contributed by atoms with Gasteiger partial charge in [0.2, 0.25) is 0 Å². The van der Waals surface area contributed by atoms with Gasteiger partial charge in [-0.1, -0.05) is 12.2 Å². The summed E-state index contributed by atoms with van der Waals surface area (Å²) >= 11 is 0. The molecule has 21 heavy (non-hydrogen) atoms. The molecule has 1 unspecified atom stereocenters. The standard InChI is InChI=1S/C8H15NO2.C7H12O3/c1-7(8(10)11)5-4-6-9(2)3;1-5(7(9)10)3-4-6(2)8/h5H,4,6H2,1-3H3,(H,10,11);3,6,8H,4H2,1-2H3,(H,9,10). The average Bonchev–Trinajstić information content (AvgIpc) is 2.35. The lowest BCUT2D eigenvalue weighted by Gasteiger charge is -2.05. The molecular formula is C15H27NO5. The number of aliphatic carboxylic acids is 2. The summed E-state index contributed by atoms with van der Waals surface area (Å²) in [6.07, 6.45) is 3.98. The molecule has 0 aliphatic rings. The third-order valence-corrected chi connectivity index (χ3v) is 2.47. The highest BCUT2D eigenvalue weighted by atomic mass is 16.4. The Kier molecular flexibility index (Phi) is 12.5. The normalized spacial score (nSPS) is 13.5. The molecule has 0 rings (SSSR count). The summed E-state index contributed by atoms with van der Waals surface area (Å²) in [5.74, 6) is -1.76. The van der Waals surface area contributed by atoms with Crippen LogP contribution in [0.25, 0.3) is 0 Å². The molecule has 0 aromatic carbocycles. The molecule has 0 fully saturated rings. The molecule has 0 heterocycles. The van der Waals surface area contributed by atoms with Crippen molar-refractivity contribution in [2.75, 3.05) is 20.6 Å². The van der Waals surface area contributed by atoms with Crippen molar-refractivity contribution in [2.24, 2.45) is 0 Å². The molecule has 0 aliphatic heterocycles. The van der Waals surface area contributed by atoms with E-state index in [0.717, 1.165) is 13.0 Å². The third kappa shape index (κ3) is 16.3. The maximum absolute atomic E-state index is 10.3. The van der Waals surface area contributed by atoms with Gasteiger partial charge in [0.1, 0.15) is 0 Å². The van der Waals surface area contributed by atoms with E-state index < -0.39 is 18.0 Å². The van der Waals surface area contributed by atoms with E-state index in [1.807, 2.05) is 19.0 Å². The predicted octanol–water partition coefficient (Wildman–Crippen LogP) is 1.76. The topological polar surface area (TPSA) is 98.1 Å². The summed E-state index contributed by atoms with van der Waals surface area (Å²) in [4.78, 5) is 22.5. The van der Waals surface area contributed by atoms with Gasteiger partial charge >= 0.3 is 11.9 Å². The number of aliphatic hydroxyl groups excluding tert-OH is 1. The molecule has 0 spiro atoms. The Labute approximate surface area is 126 Å². The van der Waals surface area contributed by atoms with E-state index >= 15 is 0 Å². The number of aliphatic hydroxyl groups is 1. The predicted molar refractivity (Wildman–Crippen MR) is 82.3 cm³/mol. The van der Waals surface area contributed by atoms with E-state index in [-0.39, 0.29) is 5.57 Å². The van der Waals surface area contributed by atoms with Crippen LogP contribution in [0.2, 0.25) is 0 Å². The molecule has 6 nitrogen and oxygen atoms in total. The molecular weight excluding hydrogens is 274 g/mol. The summed E-state index contributed by atoms with van der Waals surface area (Å²) in [6.45, 7) is 5.62. The van der Waals surface area contributed by atoms with Crippen molar-refractivity contribution in [3.05, 3.63) is 23.3 Å². The van der Waals surface area contributed by atoms with Gasteiger partial charge in [-0.3, -0.25) is 0 Å². The van der Waals surface area contributed by atoms with Crippen LogP contribution in [0, 0.1) is 0 Å². The number of carbonyl (C=O) groups is 2. The van der Waals surface area contributed by atoms with Gasteiger partial charge in [-0.05, 0) is 47.7 Å². The van der Waals surface area contributed by atoms with E-state index in [1.54, 1.807) is 19.9 Å². The highest BCUT2D eigenvalue weighted by Crippen LogP contribution is 1.98. The van der Waals surface area contributed by atoms with Crippen LogP contribution >= 0.6 is 0 Å². The van der Waals surface area contributed by atoms with Crippen LogP contribution in [0.15, 0.2) is 23.3 Å². The molecule has 0 bridgehead atoms. The molecule has 1 atom stereocenters. The lowest BCUT2D eigenvalue weighted by molar-refractivity contribution is -0.133. The second-order valence-corrected chi connectivity index (χ2v) is 5.06. The number of nitrogens with zero attached hydrogens (tertiary/aromatic N) is 1. The Bertz CT molecular complexity index is 384. The Morgan fingerprint density at radius 2 is 1.48 bits per heavy atom. The summed E-state index contributed by atoms with van der Waals surface area (Å²) in [5, 5.41) is 25.6. The van der Waals surface area contributed by atoms with Gasteiger partial charge in [-0.25, -0.2) is 9.59 Å². The first-order chi connectivity index (χ1) is 9.57. The van der Waals surface area contributed by atoms with Crippen LogP contribution in [-0.4, -0.2) is 58.9 Å². The molecule has 3 N–H and O–H groups in total. The SMILES string of the molecule is CC(=CCC(C)O)C(=O)O.CC(=CCCN(C)C)C(=O)O. The molecule has 0 radical (unpaired) electrons. The molecule has 0 aromatic rings. The zero-order valence-electron chi connectivity index (χ0n) is 13.5. The Morgan fingerprint density at radius 3 is 1.81 bits per heavy atom. The first-order valence-electron chi connectivity index (χ1n) is 6.70. The van der Waals surface area contributed by atoms with Crippen LogP contribution < -0.4 is 0 Å². The molecule has 0 aromatic heterocycles. The number of hydrogen-bond donors (Lipinski definition) is 3. The zero-order valence-corrected chi connectivity index (χ0v) is 13.5. The minimum atomic E-state index is -0.930. The third-order valence-electron chi connectivity index (χ3n) is 2.47. The Morgan fingerprint density at radius 1 is 1.05 bits per heavy atom. The number of carboxylic acid groups (broad SMARTS) is 2. The van der Waals surface area contributed by atoms with Crippen LogP contribution in [0.1, 0.15) is 33.6 Å². The molecule has 0 saturated heterocycles. The minimum Gasteiger partial charge on any atom is -0.478 e. The maximum atomic E-state index is 10.3. The Hall–Kier alpha value is -1.66. The van der Waals surface area contributed by atoms with Crippen molar-refractivity contribution in [3.8, 4) is 0 Å². The van der Waals surface area contributed by atoms with Gasteiger partial charge in [0, 0.05) is 17.7 Å². The summed E-state index contributed by atoms with van der Waals surface area (Å²) in [5.41, 5.74) is 0.702. The van der Waals surface area contributed by atoms with Crippen LogP contribution in [0.3, 0.4) is 0 Å². The van der Waals surface area contributed by atoms with Gasteiger partial charge in [-0.15, -0.1) is 0 Å². The lowest BCUT2D eigenvalue weighted by atomic mass is 10.2. The largest absolute Gasteiger partial charge is 0.478 e. The van der Waals surface area contributed by atoms with Gasteiger partial charge in [0.05, 0.1) is 6.10 Å². The zero-order chi connectivity index (χ0) is 17.0. The van der Waals surface area contributed by atoms with Gasteiger partial charge < -0.3 is 20.2 Å².